The lowest BCUT2D eigenvalue weighted by atomic mass is 9.91. The minimum Gasteiger partial charge on any atom is -0.296 e. The normalized spacial score (nSPS) is 16.0. The van der Waals surface area contributed by atoms with Gasteiger partial charge in [-0.25, -0.2) is 4.39 Å². The summed E-state index contributed by atoms with van der Waals surface area (Å²) in [6.45, 7) is 1.77. The first kappa shape index (κ1) is 14.5. The maximum Gasteiger partial charge on any atom is 0.127 e. The molecule has 0 saturated heterocycles. The second kappa shape index (κ2) is 7.01. The van der Waals surface area contributed by atoms with Crippen molar-refractivity contribution in [1.82, 2.24) is 4.90 Å². The predicted octanol–water partition coefficient (Wildman–Crippen LogP) is 4.73. The molecule has 1 aliphatic rings. The molecule has 4 heteroatoms. The Hall–Kier alpha value is 0.0700. The number of nitrogens with zero attached hydrogens (tertiary/aromatic N) is 1. The van der Waals surface area contributed by atoms with Crippen molar-refractivity contribution in [3.05, 3.63) is 34.1 Å². The van der Waals surface area contributed by atoms with Crippen LogP contribution in [0.15, 0.2) is 22.7 Å². The quantitative estimate of drug-likeness (QED) is 0.647. The van der Waals surface area contributed by atoms with Crippen molar-refractivity contribution < 1.29 is 4.39 Å². The van der Waals surface area contributed by atoms with Gasteiger partial charge in [0.25, 0.3) is 0 Å². The van der Waals surface area contributed by atoms with Crippen molar-refractivity contribution >= 4 is 31.9 Å². The highest BCUT2D eigenvalue weighted by Gasteiger charge is 2.25. The van der Waals surface area contributed by atoms with Crippen molar-refractivity contribution in [2.45, 2.75) is 38.3 Å². The van der Waals surface area contributed by atoms with Crippen molar-refractivity contribution in [3.8, 4) is 0 Å². The molecule has 0 spiro atoms. The van der Waals surface area contributed by atoms with Crippen LogP contribution in [0.25, 0.3) is 0 Å². The van der Waals surface area contributed by atoms with Gasteiger partial charge in [-0.1, -0.05) is 38.3 Å². The van der Waals surface area contributed by atoms with E-state index < -0.39 is 0 Å². The van der Waals surface area contributed by atoms with Gasteiger partial charge in [-0.05, 0) is 44.0 Å². The standard InChI is InChI=1S/C14H18Br2FN/c15-7-2-8-18(13-3-1-4-13)10-11-9-12(16)5-6-14(11)17/h5-6,9,13H,1-4,7-8,10H2. The maximum atomic E-state index is 13.8. The molecule has 2 rings (SSSR count). The first-order chi connectivity index (χ1) is 8.70. The monoisotopic (exact) mass is 377 g/mol. The van der Waals surface area contributed by atoms with E-state index in [2.05, 4.69) is 36.8 Å². The SMILES string of the molecule is Fc1ccc(Br)cc1CN(CCCBr)C1CCC1. The van der Waals surface area contributed by atoms with Crippen LogP contribution in [0.2, 0.25) is 0 Å². The molecule has 0 heterocycles. The summed E-state index contributed by atoms with van der Waals surface area (Å²) in [5.74, 6) is -0.0960. The molecular formula is C14H18Br2FN. The summed E-state index contributed by atoms with van der Waals surface area (Å²) < 4.78 is 14.7. The van der Waals surface area contributed by atoms with Gasteiger partial charge in [-0.3, -0.25) is 4.90 Å². The highest BCUT2D eigenvalue weighted by molar-refractivity contribution is 9.10. The van der Waals surface area contributed by atoms with Crippen LogP contribution in [0, 0.1) is 5.82 Å². The first-order valence-electron chi connectivity index (χ1n) is 6.44. The van der Waals surface area contributed by atoms with Crippen LogP contribution < -0.4 is 0 Å². The Kier molecular flexibility index (Phi) is 5.64. The molecule has 0 atom stereocenters. The lowest BCUT2D eigenvalue weighted by Crippen LogP contribution is -2.40. The number of rotatable bonds is 6. The van der Waals surface area contributed by atoms with Gasteiger partial charge in [0.2, 0.25) is 0 Å². The third-order valence-electron chi connectivity index (χ3n) is 3.55. The average molecular weight is 379 g/mol. The fourth-order valence-electron chi connectivity index (χ4n) is 2.29. The molecule has 1 saturated carbocycles. The highest BCUT2D eigenvalue weighted by Crippen LogP contribution is 2.27. The maximum absolute atomic E-state index is 13.8. The molecule has 0 amide bonds. The van der Waals surface area contributed by atoms with Gasteiger partial charge in [-0.15, -0.1) is 0 Å². The van der Waals surface area contributed by atoms with E-state index in [9.17, 15) is 4.39 Å². The second-order valence-electron chi connectivity index (χ2n) is 4.83. The molecule has 18 heavy (non-hydrogen) atoms. The molecule has 0 bridgehead atoms. The van der Waals surface area contributed by atoms with Gasteiger partial charge in [0.15, 0.2) is 0 Å². The molecule has 0 N–H and O–H groups in total. The minimum absolute atomic E-state index is 0.0960. The molecule has 0 aliphatic heterocycles. The van der Waals surface area contributed by atoms with Crippen molar-refractivity contribution in [1.29, 1.82) is 0 Å². The van der Waals surface area contributed by atoms with Crippen LogP contribution in [-0.2, 0) is 6.54 Å². The Balaban J connectivity index is 2.04. The zero-order valence-electron chi connectivity index (χ0n) is 10.3. The van der Waals surface area contributed by atoms with Crippen LogP contribution in [0.4, 0.5) is 4.39 Å². The molecule has 1 nitrogen and oxygen atoms in total. The molecule has 1 aromatic carbocycles. The van der Waals surface area contributed by atoms with E-state index in [1.807, 2.05) is 6.07 Å². The molecule has 0 unspecified atom stereocenters. The van der Waals surface area contributed by atoms with Crippen LogP contribution in [0.5, 0.6) is 0 Å². The predicted molar refractivity (Wildman–Crippen MR) is 80.6 cm³/mol. The average Bonchev–Trinajstić information content (AvgIpc) is 2.28. The van der Waals surface area contributed by atoms with Crippen molar-refractivity contribution in [3.63, 3.8) is 0 Å². The first-order valence-corrected chi connectivity index (χ1v) is 8.36. The smallest absolute Gasteiger partial charge is 0.127 e. The largest absolute Gasteiger partial charge is 0.296 e. The molecule has 0 radical (unpaired) electrons. The van der Waals surface area contributed by atoms with E-state index >= 15 is 0 Å². The second-order valence-corrected chi connectivity index (χ2v) is 6.54. The van der Waals surface area contributed by atoms with Crippen molar-refractivity contribution in [2.75, 3.05) is 11.9 Å². The van der Waals surface area contributed by atoms with Gasteiger partial charge < -0.3 is 0 Å². The molecule has 1 aliphatic carbocycles. The molecule has 100 valence electrons. The van der Waals surface area contributed by atoms with Crippen LogP contribution in [0.1, 0.15) is 31.2 Å². The third kappa shape index (κ3) is 3.78. The third-order valence-corrected chi connectivity index (χ3v) is 4.61. The number of benzene rings is 1. The lowest BCUT2D eigenvalue weighted by Gasteiger charge is -2.37. The summed E-state index contributed by atoms with van der Waals surface area (Å²) in [6.07, 6.45) is 4.96. The number of halogens is 3. The van der Waals surface area contributed by atoms with Crippen LogP contribution in [-0.4, -0.2) is 22.8 Å². The number of hydrogen-bond donors (Lipinski definition) is 0. The Bertz CT molecular complexity index is 393. The summed E-state index contributed by atoms with van der Waals surface area (Å²) in [4.78, 5) is 2.43. The van der Waals surface area contributed by atoms with E-state index in [0.29, 0.717) is 6.04 Å². The minimum atomic E-state index is -0.0960. The van der Waals surface area contributed by atoms with Crippen LogP contribution in [0.3, 0.4) is 0 Å². The van der Waals surface area contributed by atoms with Gasteiger partial charge in [0.1, 0.15) is 5.82 Å². The van der Waals surface area contributed by atoms with Gasteiger partial charge in [-0.2, -0.15) is 0 Å². The summed E-state index contributed by atoms with van der Waals surface area (Å²) in [6, 6.07) is 5.85. The van der Waals surface area contributed by atoms with E-state index in [1.54, 1.807) is 12.1 Å². The van der Waals surface area contributed by atoms with E-state index in [4.69, 9.17) is 0 Å². The summed E-state index contributed by atoms with van der Waals surface area (Å²) in [7, 11) is 0. The fraction of sp³-hybridized carbons (Fsp3) is 0.571. The Morgan fingerprint density at radius 2 is 2.11 bits per heavy atom. The fourth-order valence-corrected chi connectivity index (χ4v) is 2.95. The topological polar surface area (TPSA) is 3.24 Å². The van der Waals surface area contributed by atoms with Gasteiger partial charge in [0.05, 0.1) is 0 Å². The van der Waals surface area contributed by atoms with E-state index in [0.717, 1.165) is 34.9 Å². The van der Waals surface area contributed by atoms with Gasteiger partial charge in [0, 0.05) is 28.0 Å². The van der Waals surface area contributed by atoms with Gasteiger partial charge >= 0.3 is 0 Å². The zero-order chi connectivity index (χ0) is 13.0. The Morgan fingerprint density at radius 3 is 2.72 bits per heavy atom. The molecule has 1 fully saturated rings. The lowest BCUT2D eigenvalue weighted by molar-refractivity contribution is 0.118. The van der Waals surface area contributed by atoms with Crippen molar-refractivity contribution in [2.24, 2.45) is 0 Å². The Morgan fingerprint density at radius 1 is 1.33 bits per heavy atom. The number of hydrogen-bond acceptors (Lipinski definition) is 1. The Labute approximate surface area is 125 Å². The summed E-state index contributed by atoms with van der Waals surface area (Å²) >= 11 is 6.88. The molecule has 0 aromatic heterocycles. The molecular weight excluding hydrogens is 361 g/mol. The highest BCUT2D eigenvalue weighted by atomic mass is 79.9. The number of alkyl halides is 1. The van der Waals surface area contributed by atoms with E-state index in [-0.39, 0.29) is 5.82 Å². The summed E-state index contributed by atoms with van der Waals surface area (Å²) in [5.41, 5.74) is 0.797. The summed E-state index contributed by atoms with van der Waals surface area (Å²) in [5, 5.41) is 1.01. The van der Waals surface area contributed by atoms with Crippen LogP contribution >= 0.6 is 31.9 Å². The zero-order valence-corrected chi connectivity index (χ0v) is 13.5. The van der Waals surface area contributed by atoms with E-state index in [1.165, 1.54) is 19.3 Å². The molecule has 1 aromatic rings.